The summed E-state index contributed by atoms with van der Waals surface area (Å²) in [5.41, 5.74) is 4.39. The van der Waals surface area contributed by atoms with E-state index in [4.69, 9.17) is 5.41 Å². The van der Waals surface area contributed by atoms with E-state index in [0.717, 1.165) is 6.34 Å². The molecule has 0 aliphatic heterocycles. The van der Waals surface area contributed by atoms with Crippen LogP contribution in [0, 0.1) is 5.41 Å². The van der Waals surface area contributed by atoms with E-state index in [2.05, 4.69) is 5.73 Å². The molecule has 4 heteroatoms. The molecule has 0 aromatic carbocycles. The molecule has 3 N–H and O–H groups in total. The summed E-state index contributed by atoms with van der Waals surface area (Å²) >= 11 is 0. The minimum Gasteiger partial charge on any atom is -0.390 e. The van der Waals surface area contributed by atoms with Crippen molar-refractivity contribution in [2.45, 2.75) is 0 Å². The van der Waals surface area contributed by atoms with Gasteiger partial charge in [0.25, 0.3) is 0 Å². The molecule has 0 aliphatic carbocycles. The Labute approximate surface area is 107 Å². The molecular weight excluding hydrogens is 300 g/mol. The molecule has 0 saturated heterocycles. The standard InChI is InChI=1S/CH4N2.Cs.HI/c2-1-3;;/h1H,(H3,2,3);;1H. The molecule has 0 bridgehead atoms. The molecule has 1 radical (unpaired) electrons. The third-order valence-corrected chi connectivity index (χ3v) is 0. The van der Waals surface area contributed by atoms with Crippen molar-refractivity contribution in [3.63, 3.8) is 0 Å². The fourth-order valence-electron chi connectivity index (χ4n) is 0. The maximum atomic E-state index is 5.86. The van der Waals surface area contributed by atoms with Crippen LogP contribution in [0.2, 0.25) is 0 Å². The maximum Gasteiger partial charge on any atom is 0.0765 e. The number of nitrogens with two attached hydrogens (primary N) is 1. The number of nitrogens with one attached hydrogen (secondary N) is 1. The summed E-state index contributed by atoms with van der Waals surface area (Å²) in [5, 5.41) is 5.86. The average Bonchev–Trinajstić information content (AvgIpc) is 0.918. The average molecular weight is 305 g/mol. The van der Waals surface area contributed by atoms with Crippen LogP contribution in [-0.2, 0) is 0 Å². The first-order valence-corrected chi connectivity index (χ1v) is 0.622. The Balaban J connectivity index is -0.0000000200. The van der Waals surface area contributed by atoms with E-state index in [1.165, 1.54) is 0 Å². The van der Waals surface area contributed by atoms with Crippen molar-refractivity contribution in [1.82, 2.24) is 0 Å². The minimum atomic E-state index is 0. The van der Waals surface area contributed by atoms with Gasteiger partial charge in [0.2, 0.25) is 0 Å². The van der Waals surface area contributed by atoms with Gasteiger partial charge in [-0.2, -0.15) is 0 Å². The van der Waals surface area contributed by atoms with Gasteiger partial charge in [-0.15, -0.1) is 24.0 Å². The van der Waals surface area contributed by atoms with Gasteiger partial charge in [0.15, 0.2) is 0 Å². The van der Waals surface area contributed by atoms with Gasteiger partial charge < -0.3 is 5.73 Å². The van der Waals surface area contributed by atoms with Gasteiger partial charge in [-0.05, 0) is 0 Å². The third kappa shape index (κ3) is 22.3. The van der Waals surface area contributed by atoms with Gasteiger partial charge in [-0.25, -0.2) is 0 Å². The largest absolute Gasteiger partial charge is 0.390 e. The van der Waals surface area contributed by atoms with Gasteiger partial charge in [-0.1, -0.05) is 0 Å². The first kappa shape index (κ1) is 15.7. The van der Waals surface area contributed by atoms with Crippen molar-refractivity contribution >= 4 is 99.2 Å². The molecule has 0 aromatic heterocycles. The summed E-state index contributed by atoms with van der Waals surface area (Å²) in [6.45, 7) is 0. The first-order valence-electron chi connectivity index (χ1n) is 0.622. The van der Waals surface area contributed by atoms with Crippen molar-refractivity contribution in [2.24, 2.45) is 5.73 Å². The molecule has 0 unspecified atom stereocenters. The summed E-state index contributed by atoms with van der Waals surface area (Å²) in [6, 6.07) is 0. The summed E-state index contributed by atoms with van der Waals surface area (Å²) < 4.78 is 0. The second-order valence-electron chi connectivity index (χ2n) is 0.167. The first-order chi connectivity index (χ1) is 1.41. The van der Waals surface area contributed by atoms with E-state index in [0.29, 0.717) is 0 Å². The number of hydrogen-bond acceptors (Lipinski definition) is 1. The molecule has 5 heavy (non-hydrogen) atoms. The van der Waals surface area contributed by atoms with Gasteiger partial charge in [-0.3, -0.25) is 5.41 Å². The summed E-state index contributed by atoms with van der Waals surface area (Å²) in [7, 11) is 0. The third-order valence-electron chi connectivity index (χ3n) is 0. The molecule has 0 saturated carbocycles. The van der Waals surface area contributed by atoms with Crippen LogP contribution in [0.5, 0.6) is 0 Å². The van der Waals surface area contributed by atoms with E-state index >= 15 is 0 Å². The molecule has 0 atom stereocenters. The Kier molecular flexibility index (Phi) is 51.1. The van der Waals surface area contributed by atoms with E-state index in [1.54, 1.807) is 0 Å². The predicted molar refractivity (Wildman–Crippen MR) is 34.1 cm³/mol. The molecule has 0 amide bonds. The molecule has 2 nitrogen and oxygen atoms in total. The van der Waals surface area contributed by atoms with Gasteiger partial charge in [0.1, 0.15) is 0 Å². The normalized spacial score (nSPS) is 2.40. The molecule has 0 fully saturated rings. The number of hydrogen-bond donors (Lipinski definition) is 2. The van der Waals surface area contributed by atoms with Crippen LogP contribution < -0.4 is 5.73 Å². The zero-order chi connectivity index (χ0) is 2.71. The van der Waals surface area contributed by atoms with Crippen LogP contribution in [0.25, 0.3) is 0 Å². The molecular formula is CH5CsIN2. The van der Waals surface area contributed by atoms with Crippen LogP contribution >= 0.6 is 24.0 Å². The summed E-state index contributed by atoms with van der Waals surface area (Å²) in [6.07, 6.45) is 0.750. The number of rotatable bonds is 0. The minimum absolute atomic E-state index is 0. The Bertz CT molecular complexity index is 17.1. The summed E-state index contributed by atoms with van der Waals surface area (Å²) in [5.74, 6) is 0. The van der Waals surface area contributed by atoms with Crippen LogP contribution in [0.15, 0.2) is 0 Å². The van der Waals surface area contributed by atoms with Crippen LogP contribution in [0.1, 0.15) is 0 Å². The topological polar surface area (TPSA) is 49.9 Å². The SMILES string of the molecule is I.N=CN.[Cs]. The molecule has 27 valence electrons. The Morgan fingerprint density at radius 3 is 1.60 bits per heavy atom. The van der Waals surface area contributed by atoms with E-state index in [9.17, 15) is 0 Å². The maximum absolute atomic E-state index is 5.86. The fraction of sp³-hybridized carbons (Fsp3) is 0. The van der Waals surface area contributed by atoms with E-state index in [1.807, 2.05) is 0 Å². The van der Waals surface area contributed by atoms with E-state index < -0.39 is 0 Å². The number of halogens is 1. The van der Waals surface area contributed by atoms with Crippen molar-refractivity contribution in [3.8, 4) is 0 Å². The Morgan fingerprint density at radius 1 is 1.60 bits per heavy atom. The van der Waals surface area contributed by atoms with Crippen molar-refractivity contribution in [2.75, 3.05) is 0 Å². The zero-order valence-electron chi connectivity index (χ0n) is 3.06. The van der Waals surface area contributed by atoms with E-state index in [-0.39, 0.29) is 92.9 Å². The van der Waals surface area contributed by atoms with Gasteiger partial charge in [0.05, 0.1) is 6.34 Å². The smallest absolute Gasteiger partial charge is 0.0765 e. The van der Waals surface area contributed by atoms with Crippen LogP contribution in [0.3, 0.4) is 0 Å². The van der Waals surface area contributed by atoms with Gasteiger partial charge in [0, 0.05) is 68.9 Å². The van der Waals surface area contributed by atoms with Crippen LogP contribution in [-0.4, -0.2) is 75.2 Å². The second kappa shape index (κ2) is 16.3. The molecule has 0 rings (SSSR count). The van der Waals surface area contributed by atoms with Crippen molar-refractivity contribution < 1.29 is 0 Å². The summed E-state index contributed by atoms with van der Waals surface area (Å²) in [4.78, 5) is 0. The molecule has 0 heterocycles. The Hall–Kier alpha value is 2.25. The molecule has 0 spiro atoms. The monoisotopic (exact) mass is 305 g/mol. The molecule has 0 aromatic rings. The Morgan fingerprint density at radius 2 is 1.60 bits per heavy atom. The zero-order valence-corrected chi connectivity index (χ0v) is 11.7. The second-order valence-corrected chi connectivity index (χ2v) is 0.167. The molecule has 0 aliphatic rings. The predicted octanol–water partition coefficient (Wildman–Crippen LogP) is -0.211. The quantitative estimate of drug-likeness (QED) is 0.363. The van der Waals surface area contributed by atoms with Crippen molar-refractivity contribution in [3.05, 3.63) is 0 Å². The van der Waals surface area contributed by atoms with Crippen LogP contribution in [0.4, 0.5) is 0 Å². The van der Waals surface area contributed by atoms with Gasteiger partial charge >= 0.3 is 0 Å². The fourth-order valence-corrected chi connectivity index (χ4v) is 0. The van der Waals surface area contributed by atoms with Crippen molar-refractivity contribution in [1.29, 1.82) is 5.41 Å².